The van der Waals surface area contributed by atoms with E-state index >= 15 is 0 Å². The van der Waals surface area contributed by atoms with Crippen LogP contribution in [-0.4, -0.2) is 44.7 Å². The average Bonchev–Trinajstić information content (AvgIpc) is 2.68. The molecule has 0 amide bonds. The minimum atomic E-state index is 0.633. The Hall–Kier alpha value is -2.04. The number of likely N-dealkylation sites (N-methyl/N-ethyl adjacent to an activating group) is 1. The zero-order chi connectivity index (χ0) is 17.1. The molecule has 0 atom stereocenters. The number of hydrogen-bond acceptors (Lipinski definition) is 4. The van der Waals surface area contributed by atoms with Gasteiger partial charge < -0.3 is 19.9 Å². The van der Waals surface area contributed by atoms with Crippen molar-refractivity contribution in [3.05, 3.63) is 59.2 Å². The van der Waals surface area contributed by atoms with Crippen molar-refractivity contribution in [2.75, 3.05) is 44.7 Å². The maximum atomic E-state index is 6.20. The average molecular weight is 337 g/mol. The Bertz CT molecular complexity index is 709. The first-order valence-electron chi connectivity index (χ1n) is 9.27. The SMILES string of the molecule is CN1CCN(c2ccc(OCc3ccccc3)c3c2CNCC3)CC1. The van der Waals surface area contributed by atoms with Crippen LogP contribution >= 0.6 is 0 Å². The third-order valence-electron chi connectivity index (χ3n) is 5.30. The summed E-state index contributed by atoms with van der Waals surface area (Å²) in [6, 6.07) is 14.8. The molecule has 2 heterocycles. The number of hydrogen-bond donors (Lipinski definition) is 1. The predicted octanol–water partition coefficient (Wildman–Crippen LogP) is 2.66. The van der Waals surface area contributed by atoms with E-state index in [1.807, 2.05) is 6.07 Å². The van der Waals surface area contributed by atoms with E-state index in [1.54, 1.807) is 0 Å². The van der Waals surface area contributed by atoms with Crippen molar-refractivity contribution in [3.63, 3.8) is 0 Å². The molecule has 2 aliphatic heterocycles. The lowest BCUT2D eigenvalue weighted by Gasteiger charge is -2.36. The van der Waals surface area contributed by atoms with E-state index in [2.05, 4.69) is 58.6 Å². The van der Waals surface area contributed by atoms with Crippen molar-refractivity contribution in [2.24, 2.45) is 0 Å². The summed E-state index contributed by atoms with van der Waals surface area (Å²) < 4.78 is 6.20. The number of benzene rings is 2. The van der Waals surface area contributed by atoms with Gasteiger partial charge >= 0.3 is 0 Å². The van der Waals surface area contributed by atoms with Crippen LogP contribution in [-0.2, 0) is 19.6 Å². The molecular weight excluding hydrogens is 310 g/mol. The molecular formula is C21H27N3O. The van der Waals surface area contributed by atoms with Crippen LogP contribution in [0, 0.1) is 0 Å². The fraction of sp³-hybridized carbons (Fsp3) is 0.429. The van der Waals surface area contributed by atoms with Crippen LogP contribution in [0.15, 0.2) is 42.5 Å². The fourth-order valence-corrected chi connectivity index (χ4v) is 3.77. The maximum absolute atomic E-state index is 6.20. The Morgan fingerprint density at radius 3 is 2.56 bits per heavy atom. The second kappa shape index (κ2) is 7.46. The van der Waals surface area contributed by atoms with E-state index < -0.39 is 0 Å². The zero-order valence-electron chi connectivity index (χ0n) is 15.0. The fourth-order valence-electron chi connectivity index (χ4n) is 3.77. The van der Waals surface area contributed by atoms with Gasteiger partial charge in [0.2, 0.25) is 0 Å². The van der Waals surface area contributed by atoms with E-state index in [4.69, 9.17) is 4.74 Å². The van der Waals surface area contributed by atoms with Gasteiger partial charge in [-0.2, -0.15) is 0 Å². The van der Waals surface area contributed by atoms with Crippen LogP contribution < -0.4 is 15.0 Å². The molecule has 4 nitrogen and oxygen atoms in total. The van der Waals surface area contributed by atoms with E-state index in [0.717, 1.165) is 51.4 Å². The molecule has 1 fully saturated rings. The van der Waals surface area contributed by atoms with Gasteiger partial charge in [-0.3, -0.25) is 0 Å². The highest BCUT2D eigenvalue weighted by atomic mass is 16.5. The first-order chi connectivity index (χ1) is 12.3. The van der Waals surface area contributed by atoms with Crippen molar-refractivity contribution in [1.82, 2.24) is 10.2 Å². The molecule has 25 heavy (non-hydrogen) atoms. The van der Waals surface area contributed by atoms with Gasteiger partial charge in [-0.25, -0.2) is 0 Å². The zero-order valence-corrected chi connectivity index (χ0v) is 15.0. The lowest BCUT2D eigenvalue weighted by molar-refractivity contribution is 0.300. The van der Waals surface area contributed by atoms with Crippen LogP contribution in [0.3, 0.4) is 0 Å². The Morgan fingerprint density at radius 2 is 1.76 bits per heavy atom. The van der Waals surface area contributed by atoms with E-state index in [9.17, 15) is 0 Å². The number of ether oxygens (including phenoxy) is 1. The van der Waals surface area contributed by atoms with Gasteiger partial charge in [-0.1, -0.05) is 30.3 Å². The number of piperazine rings is 1. The molecule has 4 heteroatoms. The molecule has 2 aromatic carbocycles. The highest BCUT2D eigenvalue weighted by Crippen LogP contribution is 2.34. The third-order valence-corrected chi connectivity index (χ3v) is 5.30. The Kier molecular flexibility index (Phi) is 4.90. The highest BCUT2D eigenvalue weighted by Gasteiger charge is 2.23. The van der Waals surface area contributed by atoms with Gasteiger partial charge in [0.15, 0.2) is 0 Å². The molecule has 0 spiro atoms. The minimum Gasteiger partial charge on any atom is -0.489 e. The summed E-state index contributed by atoms with van der Waals surface area (Å²) in [5, 5.41) is 3.54. The van der Waals surface area contributed by atoms with Crippen LogP contribution in [0.2, 0.25) is 0 Å². The number of nitrogens with one attached hydrogen (secondary N) is 1. The quantitative estimate of drug-likeness (QED) is 0.928. The highest BCUT2D eigenvalue weighted by molar-refractivity contribution is 5.62. The van der Waals surface area contributed by atoms with Crippen molar-refractivity contribution in [1.29, 1.82) is 0 Å². The molecule has 4 rings (SSSR count). The van der Waals surface area contributed by atoms with Crippen molar-refractivity contribution < 1.29 is 4.74 Å². The number of rotatable bonds is 4. The lowest BCUT2D eigenvalue weighted by atomic mass is 9.97. The molecule has 0 unspecified atom stereocenters. The Balaban J connectivity index is 1.57. The van der Waals surface area contributed by atoms with Crippen LogP contribution in [0.25, 0.3) is 0 Å². The van der Waals surface area contributed by atoms with E-state index in [0.29, 0.717) is 6.61 Å². The van der Waals surface area contributed by atoms with Crippen LogP contribution in [0.1, 0.15) is 16.7 Å². The van der Waals surface area contributed by atoms with Crippen molar-refractivity contribution in [2.45, 2.75) is 19.6 Å². The number of nitrogens with zero attached hydrogens (tertiary/aromatic N) is 2. The summed E-state index contributed by atoms with van der Waals surface area (Å²) in [6.07, 6.45) is 1.04. The van der Waals surface area contributed by atoms with Crippen molar-refractivity contribution >= 4 is 5.69 Å². The molecule has 1 saturated heterocycles. The standard InChI is InChI=1S/C21H27N3O/c1-23-11-13-24(14-12-23)20-7-8-21(18-9-10-22-15-19(18)20)25-16-17-5-3-2-4-6-17/h2-8,22H,9-16H2,1H3. The van der Waals surface area contributed by atoms with E-state index in [-0.39, 0.29) is 0 Å². The van der Waals surface area contributed by atoms with Crippen molar-refractivity contribution in [3.8, 4) is 5.75 Å². The van der Waals surface area contributed by atoms with Gasteiger partial charge in [0.05, 0.1) is 0 Å². The largest absolute Gasteiger partial charge is 0.489 e. The summed E-state index contributed by atoms with van der Waals surface area (Å²) in [5.41, 5.74) is 5.43. The topological polar surface area (TPSA) is 27.7 Å². The smallest absolute Gasteiger partial charge is 0.123 e. The molecule has 0 saturated carbocycles. The molecule has 2 aromatic rings. The van der Waals surface area contributed by atoms with Crippen LogP contribution in [0.4, 0.5) is 5.69 Å². The lowest BCUT2D eigenvalue weighted by Crippen LogP contribution is -2.45. The predicted molar refractivity (Wildman–Crippen MR) is 102 cm³/mol. The van der Waals surface area contributed by atoms with Gasteiger partial charge in [-0.05, 0) is 43.3 Å². The number of anilines is 1. The summed E-state index contributed by atoms with van der Waals surface area (Å²) in [4.78, 5) is 4.94. The molecule has 0 radical (unpaired) electrons. The molecule has 2 aliphatic rings. The summed E-state index contributed by atoms with van der Waals surface area (Å²) in [7, 11) is 2.20. The normalized spacial score (nSPS) is 18.0. The summed E-state index contributed by atoms with van der Waals surface area (Å²) >= 11 is 0. The van der Waals surface area contributed by atoms with Gasteiger partial charge in [0.1, 0.15) is 12.4 Å². The first kappa shape index (κ1) is 16.4. The van der Waals surface area contributed by atoms with Crippen LogP contribution in [0.5, 0.6) is 5.75 Å². The summed E-state index contributed by atoms with van der Waals surface area (Å²) in [5.74, 6) is 1.05. The Morgan fingerprint density at radius 1 is 0.960 bits per heavy atom. The van der Waals surface area contributed by atoms with Gasteiger partial charge in [0, 0.05) is 44.0 Å². The van der Waals surface area contributed by atoms with E-state index in [1.165, 1.54) is 22.4 Å². The summed E-state index contributed by atoms with van der Waals surface area (Å²) in [6.45, 7) is 7.08. The molecule has 0 aromatic heterocycles. The third kappa shape index (κ3) is 3.65. The Labute approximate surface area is 150 Å². The second-order valence-corrected chi connectivity index (χ2v) is 7.03. The van der Waals surface area contributed by atoms with Gasteiger partial charge in [0.25, 0.3) is 0 Å². The first-order valence-corrected chi connectivity index (χ1v) is 9.27. The molecule has 1 N–H and O–H groups in total. The molecule has 0 aliphatic carbocycles. The molecule has 0 bridgehead atoms. The second-order valence-electron chi connectivity index (χ2n) is 7.03. The molecule has 132 valence electrons. The maximum Gasteiger partial charge on any atom is 0.123 e. The minimum absolute atomic E-state index is 0.633. The van der Waals surface area contributed by atoms with Gasteiger partial charge in [-0.15, -0.1) is 0 Å². The monoisotopic (exact) mass is 337 g/mol. The number of fused-ring (bicyclic) bond motifs is 1.